The molecule has 0 aliphatic heterocycles. The molecule has 0 aliphatic rings. The van der Waals surface area contributed by atoms with Gasteiger partial charge in [-0.15, -0.1) is 0 Å². The molecule has 2 aromatic carbocycles. The van der Waals surface area contributed by atoms with Gasteiger partial charge in [-0.05, 0) is 49.2 Å². The van der Waals surface area contributed by atoms with E-state index in [0.717, 1.165) is 39.2 Å². The molecular weight excluding hydrogens is 293 g/mol. The van der Waals surface area contributed by atoms with Gasteiger partial charge in [-0.1, -0.05) is 23.2 Å². The molecule has 1 aromatic heterocycles. The molecule has 5 heteroatoms. The number of hydrogen-bond acceptors (Lipinski definition) is 2. The number of nitrogens with one attached hydrogen (secondary N) is 1. The van der Waals surface area contributed by atoms with Crippen LogP contribution in [0.3, 0.4) is 0 Å². The highest BCUT2D eigenvalue weighted by Gasteiger charge is 2.12. The van der Waals surface area contributed by atoms with Gasteiger partial charge in [-0.2, -0.15) is 0 Å². The first-order valence-electron chi connectivity index (χ1n) is 6.17. The van der Waals surface area contributed by atoms with Gasteiger partial charge in [0.1, 0.15) is 5.82 Å². The number of rotatable bonds is 1. The van der Waals surface area contributed by atoms with Crippen LogP contribution in [-0.4, -0.2) is 9.97 Å². The third-order valence-corrected chi connectivity index (χ3v) is 4.19. The van der Waals surface area contributed by atoms with Crippen molar-refractivity contribution >= 4 is 39.9 Å². The van der Waals surface area contributed by atoms with Crippen molar-refractivity contribution in [1.82, 2.24) is 9.97 Å². The van der Waals surface area contributed by atoms with Crippen molar-refractivity contribution in [2.75, 3.05) is 5.73 Å². The number of anilines is 1. The lowest BCUT2D eigenvalue weighted by atomic mass is 10.0. The zero-order valence-corrected chi connectivity index (χ0v) is 12.6. The average molecular weight is 306 g/mol. The molecule has 3 aromatic rings. The summed E-state index contributed by atoms with van der Waals surface area (Å²) < 4.78 is 0. The van der Waals surface area contributed by atoms with Crippen LogP contribution < -0.4 is 5.73 Å². The highest BCUT2D eigenvalue weighted by atomic mass is 35.5. The Hall–Kier alpha value is -1.71. The van der Waals surface area contributed by atoms with Crippen molar-refractivity contribution in [3.63, 3.8) is 0 Å². The number of nitrogens with zero attached hydrogens (tertiary/aromatic N) is 1. The summed E-state index contributed by atoms with van der Waals surface area (Å²) in [6.45, 7) is 4.09. The van der Waals surface area contributed by atoms with Crippen LogP contribution in [0.4, 0.5) is 5.69 Å². The Labute approximate surface area is 126 Å². The molecule has 3 nitrogen and oxygen atoms in total. The predicted octanol–water partition coefficient (Wildman–Crippen LogP) is 4.74. The number of nitrogens with two attached hydrogens (primary N) is 1. The number of fused-ring (bicyclic) bond motifs is 1. The monoisotopic (exact) mass is 305 g/mol. The topological polar surface area (TPSA) is 54.7 Å². The summed E-state index contributed by atoms with van der Waals surface area (Å²) in [5.41, 5.74) is 11.6. The summed E-state index contributed by atoms with van der Waals surface area (Å²) in [7, 11) is 0. The lowest BCUT2D eigenvalue weighted by Gasteiger charge is -2.07. The van der Waals surface area contributed by atoms with Crippen LogP contribution in [0.2, 0.25) is 10.0 Å². The molecule has 0 atom stereocenters. The fourth-order valence-electron chi connectivity index (χ4n) is 2.27. The molecule has 0 amide bonds. The number of H-pyrrole nitrogens is 1. The Balaban J connectivity index is 2.25. The van der Waals surface area contributed by atoms with Crippen LogP contribution >= 0.6 is 23.2 Å². The number of halogens is 2. The van der Waals surface area contributed by atoms with E-state index in [1.54, 1.807) is 12.1 Å². The Kier molecular flexibility index (Phi) is 3.11. The lowest BCUT2D eigenvalue weighted by molar-refractivity contribution is 1.27. The van der Waals surface area contributed by atoms with E-state index in [2.05, 4.69) is 16.9 Å². The number of imidazole rings is 1. The molecule has 0 spiro atoms. The van der Waals surface area contributed by atoms with Crippen LogP contribution in [0, 0.1) is 13.8 Å². The van der Waals surface area contributed by atoms with Crippen LogP contribution in [0.5, 0.6) is 0 Å². The highest BCUT2D eigenvalue weighted by Crippen LogP contribution is 2.31. The van der Waals surface area contributed by atoms with Crippen molar-refractivity contribution < 1.29 is 0 Å². The molecule has 0 saturated carbocycles. The second-order valence-electron chi connectivity index (χ2n) is 4.88. The molecular formula is C15H13Cl2N3. The van der Waals surface area contributed by atoms with Crippen molar-refractivity contribution in [2.24, 2.45) is 0 Å². The van der Waals surface area contributed by atoms with Crippen molar-refractivity contribution in [3.05, 3.63) is 45.4 Å². The first-order valence-corrected chi connectivity index (χ1v) is 6.93. The second kappa shape index (κ2) is 4.69. The van der Waals surface area contributed by atoms with Gasteiger partial charge in [0.2, 0.25) is 0 Å². The van der Waals surface area contributed by atoms with Gasteiger partial charge in [0.05, 0.1) is 21.1 Å². The molecule has 3 rings (SSSR count). The zero-order valence-electron chi connectivity index (χ0n) is 11.1. The zero-order chi connectivity index (χ0) is 14.4. The van der Waals surface area contributed by atoms with E-state index >= 15 is 0 Å². The fourth-order valence-corrected chi connectivity index (χ4v) is 2.59. The summed E-state index contributed by atoms with van der Waals surface area (Å²) in [6, 6.07) is 7.41. The van der Waals surface area contributed by atoms with Gasteiger partial charge in [0, 0.05) is 11.3 Å². The van der Waals surface area contributed by atoms with Crippen molar-refractivity contribution in [2.45, 2.75) is 13.8 Å². The van der Waals surface area contributed by atoms with Gasteiger partial charge < -0.3 is 10.7 Å². The van der Waals surface area contributed by atoms with Crippen molar-refractivity contribution in [3.8, 4) is 11.4 Å². The van der Waals surface area contributed by atoms with E-state index in [-0.39, 0.29) is 0 Å². The Morgan fingerprint density at radius 2 is 1.75 bits per heavy atom. The summed E-state index contributed by atoms with van der Waals surface area (Å²) in [5.74, 6) is 0.770. The molecule has 0 radical (unpaired) electrons. The molecule has 0 aliphatic carbocycles. The van der Waals surface area contributed by atoms with E-state index in [4.69, 9.17) is 28.9 Å². The summed E-state index contributed by atoms with van der Waals surface area (Å²) >= 11 is 12.0. The van der Waals surface area contributed by atoms with E-state index in [0.29, 0.717) is 10.0 Å². The van der Waals surface area contributed by atoms with Gasteiger partial charge >= 0.3 is 0 Å². The molecule has 3 N–H and O–H groups in total. The number of benzene rings is 2. The van der Waals surface area contributed by atoms with Crippen LogP contribution in [0.1, 0.15) is 11.1 Å². The molecule has 1 heterocycles. The minimum atomic E-state index is 0.498. The quantitative estimate of drug-likeness (QED) is 0.638. The van der Waals surface area contributed by atoms with E-state index in [1.807, 2.05) is 19.1 Å². The van der Waals surface area contributed by atoms with Gasteiger partial charge in [0.15, 0.2) is 0 Å². The maximum Gasteiger partial charge on any atom is 0.138 e. The van der Waals surface area contributed by atoms with Crippen LogP contribution in [-0.2, 0) is 0 Å². The van der Waals surface area contributed by atoms with E-state index < -0.39 is 0 Å². The van der Waals surface area contributed by atoms with Gasteiger partial charge in [0.25, 0.3) is 0 Å². The third kappa shape index (κ3) is 2.13. The second-order valence-corrected chi connectivity index (χ2v) is 5.69. The first kappa shape index (κ1) is 13.3. The number of aromatic amines is 1. The Morgan fingerprint density at radius 1 is 1.05 bits per heavy atom. The molecule has 0 bridgehead atoms. The van der Waals surface area contributed by atoms with Crippen LogP contribution in [0.15, 0.2) is 24.3 Å². The van der Waals surface area contributed by atoms with Gasteiger partial charge in [-0.25, -0.2) is 4.98 Å². The fraction of sp³-hybridized carbons (Fsp3) is 0.133. The number of aryl methyl sites for hydroxylation is 1. The number of nitrogen functional groups attached to an aromatic ring is 1. The Morgan fingerprint density at radius 3 is 2.50 bits per heavy atom. The van der Waals surface area contributed by atoms with Crippen LogP contribution in [0.25, 0.3) is 22.4 Å². The molecule has 20 heavy (non-hydrogen) atoms. The highest BCUT2D eigenvalue weighted by molar-refractivity contribution is 6.42. The summed E-state index contributed by atoms with van der Waals surface area (Å²) in [4.78, 5) is 7.84. The normalized spacial score (nSPS) is 11.2. The molecule has 0 saturated heterocycles. The minimum absolute atomic E-state index is 0.498. The van der Waals surface area contributed by atoms with Gasteiger partial charge in [-0.3, -0.25) is 0 Å². The minimum Gasteiger partial charge on any atom is -0.399 e. The van der Waals surface area contributed by atoms with E-state index in [1.165, 1.54) is 0 Å². The maximum absolute atomic E-state index is 6.02. The molecule has 0 fully saturated rings. The molecule has 0 unspecified atom stereocenters. The largest absolute Gasteiger partial charge is 0.399 e. The summed E-state index contributed by atoms with van der Waals surface area (Å²) in [6.07, 6.45) is 0. The summed E-state index contributed by atoms with van der Waals surface area (Å²) in [5, 5.41) is 1.01. The molecule has 102 valence electrons. The van der Waals surface area contributed by atoms with Crippen molar-refractivity contribution in [1.29, 1.82) is 0 Å². The standard InChI is InChI=1S/C15H13Cl2N3/c1-7-3-9(18)4-10(8(7)2)15-19-13-5-11(16)12(17)6-14(13)20-15/h3-6H,18H2,1-2H3,(H,19,20). The smallest absolute Gasteiger partial charge is 0.138 e. The Bertz CT molecular complexity index is 783. The third-order valence-electron chi connectivity index (χ3n) is 3.47. The lowest BCUT2D eigenvalue weighted by Crippen LogP contribution is -1.93. The predicted molar refractivity (Wildman–Crippen MR) is 85.4 cm³/mol. The number of aromatic nitrogens is 2. The SMILES string of the molecule is Cc1cc(N)cc(-c2nc3cc(Cl)c(Cl)cc3[nH]2)c1C. The maximum atomic E-state index is 6.02. The van der Waals surface area contributed by atoms with E-state index in [9.17, 15) is 0 Å². The number of hydrogen-bond donors (Lipinski definition) is 2. The first-order chi connectivity index (χ1) is 9.45. The average Bonchev–Trinajstić information content (AvgIpc) is 2.77.